The molecule has 3 aromatic heterocycles. The average molecular weight is 544 g/mol. The summed E-state index contributed by atoms with van der Waals surface area (Å²) < 4.78 is 6.77. The van der Waals surface area contributed by atoms with Gasteiger partial charge < -0.3 is 15.0 Å². The lowest BCUT2D eigenvalue weighted by molar-refractivity contribution is -0.115. The molecule has 1 amide bonds. The number of carbonyl (C=O) groups excluding carboxylic acids is 2. The van der Waals surface area contributed by atoms with Crippen LogP contribution in [-0.2, 0) is 22.4 Å². The molecule has 5 rings (SSSR count). The molecule has 36 heavy (non-hydrogen) atoms. The Morgan fingerprint density at radius 1 is 1.36 bits per heavy atom. The summed E-state index contributed by atoms with van der Waals surface area (Å²) in [5.74, 6) is -0.727. The van der Waals surface area contributed by atoms with Crippen molar-refractivity contribution < 1.29 is 14.3 Å². The van der Waals surface area contributed by atoms with Crippen LogP contribution in [0.15, 0.2) is 40.4 Å². The fourth-order valence-corrected chi connectivity index (χ4v) is 6.35. The Balaban J connectivity index is 1.39. The zero-order valence-electron chi connectivity index (χ0n) is 19.5. The van der Waals surface area contributed by atoms with E-state index in [0.29, 0.717) is 32.3 Å². The number of fused-ring (bicyclic) bond motifs is 2. The number of nitrogens with one attached hydrogen (secondary N) is 2. The molecule has 0 aliphatic heterocycles. The third-order valence-electron chi connectivity index (χ3n) is 5.76. The Morgan fingerprint density at radius 2 is 2.19 bits per heavy atom. The van der Waals surface area contributed by atoms with Crippen LogP contribution in [0.2, 0.25) is 5.02 Å². The van der Waals surface area contributed by atoms with E-state index in [1.165, 1.54) is 22.2 Å². The van der Waals surface area contributed by atoms with Crippen LogP contribution in [0.1, 0.15) is 41.1 Å². The summed E-state index contributed by atoms with van der Waals surface area (Å²) in [4.78, 5) is 46.7. The van der Waals surface area contributed by atoms with E-state index >= 15 is 0 Å². The van der Waals surface area contributed by atoms with Gasteiger partial charge in [-0.2, -0.15) is 5.10 Å². The third kappa shape index (κ3) is 4.65. The highest BCUT2D eigenvalue weighted by molar-refractivity contribution is 8.00. The Morgan fingerprint density at radius 3 is 2.97 bits per heavy atom. The van der Waals surface area contributed by atoms with E-state index in [0.717, 1.165) is 41.5 Å². The molecule has 0 saturated heterocycles. The van der Waals surface area contributed by atoms with Crippen LogP contribution in [0.3, 0.4) is 0 Å². The first kappa shape index (κ1) is 24.5. The number of aromatic amines is 1. The number of anilines is 1. The number of carbonyl (C=O) groups is 2. The van der Waals surface area contributed by atoms with Crippen LogP contribution in [-0.4, -0.2) is 43.5 Å². The SMILES string of the molecule is CCOC(=O)c1c(NC(=O)C(C)Sc2nc3c(cnn3-c3cccc(Cl)c3)c(=O)[nH]2)sc2c1CCC2. The summed E-state index contributed by atoms with van der Waals surface area (Å²) in [6.07, 6.45) is 4.12. The molecule has 2 N–H and O–H groups in total. The van der Waals surface area contributed by atoms with Gasteiger partial charge in [-0.05, 0) is 56.9 Å². The monoisotopic (exact) mass is 543 g/mol. The fraction of sp³-hybridized carbons (Fsp3) is 0.292. The molecule has 3 heterocycles. The lowest BCUT2D eigenvalue weighted by Gasteiger charge is -2.12. The van der Waals surface area contributed by atoms with Gasteiger partial charge in [-0.3, -0.25) is 9.59 Å². The molecule has 0 radical (unpaired) electrons. The number of aryl methyl sites for hydroxylation is 1. The van der Waals surface area contributed by atoms with E-state index in [1.54, 1.807) is 32.0 Å². The van der Waals surface area contributed by atoms with Gasteiger partial charge >= 0.3 is 5.97 Å². The minimum atomic E-state index is -0.611. The van der Waals surface area contributed by atoms with E-state index in [4.69, 9.17) is 16.3 Å². The smallest absolute Gasteiger partial charge is 0.341 e. The highest BCUT2D eigenvalue weighted by atomic mass is 35.5. The number of thioether (sulfide) groups is 1. The number of benzene rings is 1. The molecular formula is C24H22ClN5O4S2. The zero-order chi connectivity index (χ0) is 25.4. The van der Waals surface area contributed by atoms with Crippen molar-refractivity contribution in [3.8, 4) is 5.69 Å². The lowest BCUT2D eigenvalue weighted by atomic mass is 10.1. The zero-order valence-corrected chi connectivity index (χ0v) is 21.9. The molecule has 0 spiro atoms. The van der Waals surface area contributed by atoms with Crippen molar-refractivity contribution in [1.82, 2.24) is 19.7 Å². The standard InChI is InChI=1S/C24H22ClN5O4S2/c1-3-34-23(33)18-15-8-5-9-17(15)36-22(18)28-20(31)12(2)35-24-27-19-16(21(32)29-24)11-26-30(19)14-7-4-6-13(25)10-14/h4,6-7,10-12H,3,5,8-9H2,1-2H3,(H,28,31)(H,27,29,32). The summed E-state index contributed by atoms with van der Waals surface area (Å²) in [7, 11) is 0. The molecule has 12 heteroatoms. The maximum atomic E-state index is 13.1. The second-order valence-corrected chi connectivity index (χ2v) is 11.0. The number of nitrogens with zero attached hydrogens (tertiary/aromatic N) is 3. The number of rotatable bonds is 7. The quantitative estimate of drug-likeness (QED) is 0.198. The third-order valence-corrected chi connectivity index (χ3v) is 8.19. The number of thiophene rings is 1. The molecule has 1 atom stereocenters. The van der Waals surface area contributed by atoms with E-state index in [1.807, 2.05) is 6.07 Å². The summed E-state index contributed by atoms with van der Waals surface area (Å²) in [5.41, 5.74) is 2.09. The van der Waals surface area contributed by atoms with Gasteiger partial charge in [0.2, 0.25) is 5.91 Å². The van der Waals surface area contributed by atoms with Gasteiger partial charge in [0.15, 0.2) is 10.8 Å². The van der Waals surface area contributed by atoms with Gasteiger partial charge in [-0.25, -0.2) is 14.5 Å². The second-order valence-electron chi connectivity index (χ2n) is 8.18. The summed E-state index contributed by atoms with van der Waals surface area (Å²) in [6, 6.07) is 7.06. The maximum absolute atomic E-state index is 13.1. The van der Waals surface area contributed by atoms with Crippen molar-refractivity contribution in [2.45, 2.75) is 43.5 Å². The van der Waals surface area contributed by atoms with Gasteiger partial charge in [-0.1, -0.05) is 29.4 Å². The van der Waals surface area contributed by atoms with Crippen molar-refractivity contribution in [3.05, 3.63) is 61.8 Å². The van der Waals surface area contributed by atoms with Crippen molar-refractivity contribution in [1.29, 1.82) is 0 Å². The molecule has 0 fully saturated rings. The van der Waals surface area contributed by atoms with Crippen LogP contribution >= 0.6 is 34.7 Å². The maximum Gasteiger partial charge on any atom is 0.341 e. The van der Waals surface area contributed by atoms with Crippen LogP contribution < -0.4 is 10.9 Å². The van der Waals surface area contributed by atoms with E-state index in [9.17, 15) is 14.4 Å². The van der Waals surface area contributed by atoms with Crippen LogP contribution in [0, 0.1) is 0 Å². The van der Waals surface area contributed by atoms with Crippen molar-refractivity contribution in [2.75, 3.05) is 11.9 Å². The van der Waals surface area contributed by atoms with E-state index in [2.05, 4.69) is 20.4 Å². The largest absolute Gasteiger partial charge is 0.462 e. The van der Waals surface area contributed by atoms with Crippen molar-refractivity contribution in [3.63, 3.8) is 0 Å². The normalized spacial score (nSPS) is 13.5. The molecule has 0 saturated carbocycles. The van der Waals surface area contributed by atoms with Gasteiger partial charge in [0.1, 0.15) is 10.4 Å². The molecule has 1 aliphatic rings. The van der Waals surface area contributed by atoms with Gasteiger partial charge in [0.25, 0.3) is 5.56 Å². The first-order valence-electron chi connectivity index (χ1n) is 11.4. The van der Waals surface area contributed by atoms with Crippen LogP contribution in [0.4, 0.5) is 5.00 Å². The topological polar surface area (TPSA) is 119 Å². The summed E-state index contributed by atoms with van der Waals surface area (Å²) >= 11 is 8.64. The van der Waals surface area contributed by atoms with Gasteiger partial charge in [0.05, 0.1) is 29.3 Å². The van der Waals surface area contributed by atoms with Crippen molar-refractivity contribution in [2.24, 2.45) is 0 Å². The van der Waals surface area contributed by atoms with Crippen LogP contribution in [0.25, 0.3) is 16.7 Å². The molecule has 9 nitrogen and oxygen atoms in total. The van der Waals surface area contributed by atoms with Crippen LogP contribution in [0.5, 0.6) is 0 Å². The molecule has 1 aliphatic carbocycles. The Kier molecular flexibility index (Phi) is 6.87. The Bertz CT molecular complexity index is 1540. The number of hydrogen-bond donors (Lipinski definition) is 2. The van der Waals surface area contributed by atoms with Crippen molar-refractivity contribution >= 4 is 62.6 Å². The number of esters is 1. The second kappa shape index (κ2) is 10.1. The van der Waals surface area contributed by atoms with Gasteiger partial charge in [-0.15, -0.1) is 11.3 Å². The molecule has 0 bridgehead atoms. The number of amides is 1. The predicted molar refractivity (Wildman–Crippen MR) is 141 cm³/mol. The number of halogens is 1. The predicted octanol–water partition coefficient (Wildman–Crippen LogP) is 4.61. The number of hydrogen-bond acceptors (Lipinski definition) is 8. The van der Waals surface area contributed by atoms with E-state index in [-0.39, 0.29) is 23.2 Å². The summed E-state index contributed by atoms with van der Waals surface area (Å²) in [6.45, 7) is 3.73. The lowest BCUT2D eigenvalue weighted by Crippen LogP contribution is -2.24. The minimum absolute atomic E-state index is 0.260. The highest BCUT2D eigenvalue weighted by Crippen LogP contribution is 2.40. The van der Waals surface area contributed by atoms with Gasteiger partial charge in [0, 0.05) is 9.90 Å². The number of aromatic nitrogens is 4. The Labute approximate surface area is 219 Å². The highest BCUT2D eigenvalue weighted by Gasteiger charge is 2.29. The molecule has 4 aromatic rings. The molecule has 186 valence electrons. The fourth-order valence-electron chi connectivity index (χ4n) is 4.10. The minimum Gasteiger partial charge on any atom is -0.462 e. The molecule has 1 unspecified atom stereocenters. The molecular weight excluding hydrogens is 522 g/mol. The average Bonchev–Trinajstić information content (AvgIpc) is 3.54. The van der Waals surface area contributed by atoms with E-state index < -0.39 is 11.2 Å². The first-order valence-corrected chi connectivity index (χ1v) is 13.5. The number of ether oxygens (including phenoxy) is 1. The Hall–Kier alpha value is -3.15. The first-order chi connectivity index (χ1) is 17.4. The number of H-pyrrole nitrogens is 1. The molecule has 1 aromatic carbocycles. The summed E-state index contributed by atoms with van der Waals surface area (Å²) in [5, 5.41) is 8.21.